The molecule has 0 atom stereocenters. The molecule has 3 aliphatic rings. The van der Waals surface area contributed by atoms with Crippen LogP contribution in [0.3, 0.4) is 0 Å². The average Bonchev–Trinajstić information content (AvgIpc) is 2.80. The predicted octanol–water partition coefficient (Wildman–Crippen LogP) is 2.14. The third-order valence-corrected chi connectivity index (χ3v) is 6.21. The van der Waals surface area contributed by atoms with Crippen LogP contribution in [0, 0.1) is 11.8 Å². The number of likely N-dealkylation sites (tertiary alicyclic amines) is 1. The summed E-state index contributed by atoms with van der Waals surface area (Å²) in [4.78, 5) is 40.5. The summed E-state index contributed by atoms with van der Waals surface area (Å²) in [6, 6.07) is -0.395. The second-order valence-electron chi connectivity index (χ2n) is 7.82. The van der Waals surface area contributed by atoms with Gasteiger partial charge >= 0.3 is 6.03 Å². The Morgan fingerprint density at radius 2 is 1.79 bits per heavy atom. The van der Waals surface area contributed by atoms with Gasteiger partial charge in [0.2, 0.25) is 5.91 Å². The molecule has 0 radical (unpaired) electrons. The highest BCUT2D eigenvalue weighted by atomic mass is 16.2. The van der Waals surface area contributed by atoms with E-state index in [1.54, 1.807) is 4.90 Å². The Balaban J connectivity index is 1.61. The highest BCUT2D eigenvalue weighted by Gasteiger charge is 2.52. The van der Waals surface area contributed by atoms with Gasteiger partial charge in [0.1, 0.15) is 12.1 Å². The molecular weight excluding hydrogens is 306 g/mol. The Morgan fingerprint density at radius 1 is 1.17 bits per heavy atom. The van der Waals surface area contributed by atoms with Crippen molar-refractivity contribution in [3.8, 4) is 0 Å². The van der Waals surface area contributed by atoms with Crippen molar-refractivity contribution in [3.05, 3.63) is 0 Å². The number of hydrogen-bond acceptors (Lipinski definition) is 3. The highest BCUT2D eigenvalue weighted by Crippen LogP contribution is 2.37. The van der Waals surface area contributed by atoms with Crippen LogP contribution in [0.2, 0.25) is 0 Å². The van der Waals surface area contributed by atoms with E-state index in [0.29, 0.717) is 24.7 Å². The van der Waals surface area contributed by atoms with Crippen LogP contribution in [0.5, 0.6) is 0 Å². The number of imide groups is 1. The van der Waals surface area contributed by atoms with Crippen molar-refractivity contribution in [2.45, 2.75) is 64.3 Å². The zero-order valence-corrected chi connectivity index (χ0v) is 14.8. The summed E-state index contributed by atoms with van der Waals surface area (Å²) >= 11 is 0. The fraction of sp³-hybridized carbons (Fsp3) is 0.833. The third kappa shape index (κ3) is 3.15. The molecule has 1 spiro atoms. The lowest BCUT2D eigenvalue weighted by atomic mass is 9.75. The van der Waals surface area contributed by atoms with Gasteiger partial charge in [-0.25, -0.2) is 4.79 Å². The first-order chi connectivity index (χ1) is 11.4. The van der Waals surface area contributed by atoms with Crippen LogP contribution < -0.4 is 5.32 Å². The Labute approximate surface area is 143 Å². The van der Waals surface area contributed by atoms with Gasteiger partial charge in [0.25, 0.3) is 5.91 Å². The summed E-state index contributed by atoms with van der Waals surface area (Å²) in [6.45, 7) is 5.70. The summed E-state index contributed by atoms with van der Waals surface area (Å²) < 4.78 is 0. The smallest absolute Gasteiger partial charge is 0.325 e. The van der Waals surface area contributed by atoms with Gasteiger partial charge in [0.05, 0.1) is 0 Å². The fourth-order valence-corrected chi connectivity index (χ4v) is 4.23. The van der Waals surface area contributed by atoms with Gasteiger partial charge in [-0.2, -0.15) is 0 Å². The lowest BCUT2D eigenvalue weighted by Gasteiger charge is -2.35. The number of urea groups is 1. The Morgan fingerprint density at radius 3 is 2.38 bits per heavy atom. The maximum absolute atomic E-state index is 12.8. The number of carbonyl (C=O) groups is 3. The molecule has 1 aliphatic carbocycles. The van der Waals surface area contributed by atoms with Gasteiger partial charge in [0.15, 0.2) is 0 Å². The lowest BCUT2D eigenvalue weighted by Crippen LogP contribution is -2.50. The van der Waals surface area contributed by atoms with Crippen molar-refractivity contribution in [1.29, 1.82) is 0 Å². The van der Waals surface area contributed by atoms with Crippen LogP contribution in [0.4, 0.5) is 4.79 Å². The largest absolute Gasteiger partial charge is 0.341 e. The maximum atomic E-state index is 12.8. The molecule has 2 saturated heterocycles. The molecule has 2 heterocycles. The van der Waals surface area contributed by atoms with E-state index in [2.05, 4.69) is 19.2 Å². The second-order valence-corrected chi connectivity index (χ2v) is 7.82. The van der Waals surface area contributed by atoms with E-state index >= 15 is 0 Å². The van der Waals surface area contributed by atoms with Crippen LogP contribution in [0.25, 0.3) is 0 Å². The average molecular weight is 335 g/mol. The molecule has 3 rings (SSSR count). The molecule has 0 aromatic carbocycles. The molecule has 1 N–H and O–H groups in total. The number of nitrogens with zero attached hydrogens (tertiary/aromatic N) is 2. The summed E-state index contributed by atoms with van der Waals surface area (Å²) in [6.07, 6.45) is 6.43. The molecule has 3 fully saturated rings. The van der Waals surface area contributed by atoms with Gasteiger partial charge in [0, 0.05) is 13.1 Å². The van der Waals surface area contributed by atoms with Crippen LogP contribution in [0.15, 0.2) is 0 Å². The minimum Gasteiger partial charge on any atom is -0.341 e. The first kappa shape index (κ1) is 17.2. The van der Waals surface area contributed by atoms with Crippen LogP contribution in [0.1, 0.15) is 58.8 Å². The summed E-state index contributed by atoms with van der Waals surface area (Å²) in [5.74, 6) is 0.986. The van der Waals surface area contributed by atoms with Gasteiger partial charge < -0.3 is 10.2 Å². The van der Waals surface area contributed by atoms with Crippen LogP contribution >= 0.6 is 0 Å². The second kappa shape index (κ2) is 6.73. The molecule has 0 aromatic rings. The van der Waals surface area contributed by atoms with Crippen LogP contribution in [-0.2, 0) is 9.59 Å². The normalized spacial score (nSPS) is 31.7. The quantitative estimate of drug-likeness (QED) is 0.803. The van der Waals surface area contributed by atoms with E-state index < -0.39 is 11.6 Å². The molecule has 2 aliphatic heterocycles. The predicted molar refractivity (Wildman–Crippen MR) is 90.2 cm³/mol. The first-order valence-electron chi connectivity index (χ1n) is 9.37. The molecule has 0 bridgehead atoms. The standard InChI is InChI=1S/C18H29N3O3/c1-3-14-4-8-18(9-5-14)16(23)21(17(24)19-18)12-15(22)20-10-6-13(2)7-11-20/h13-14H,3-12H2,1-2H3,(H,19,24). The molecule has 4 amide bonds. The van der Waals surface area contributed by atoms with Gasteiger partial charge in [-0.15, -0.1) is 0 Å². The van der Waals surface area contributed by atoms with Crippen molar-refractivity contribution in [1.82, 2.24) is 15.1 Å². The Bertz CT molecular complexity index is 518. The zero-order chi connectivity index (χ0) is 17.3. The number of hydrogen-bond donors (Lipinski definition) is 1. The summed E-state index contributed by atoms with van der Waals surface area (Å²) in [5.41, 5.74) is -0.751. The monoisotopic (exact) mass is 335 g/mol. The molecule has 24 heavy (non-hydrogen) atoms. The van der Waals surface area contributed by atoms with Crippen LogP contribution in [-0.4, -0.2) is 52.8 Å². The number of amides is 4. The minimum atomic E-state index is -0.751. The lowest BCUT2D eigenvalue weighted by molar-refractivity contribution is -0.140. The number of carbonyl (C=O) groups excluding carboxylic acids is 3. The third-order valence-electron chi connectivity index (χ3n) is 6.21. The van der Waals surface area contributed by atoms with E-state index in [-0.39, 0.29) is 18.4 Å². The van der Waals surface area contributed by atoms with Gasteiger partial charge in [-0.05, 0) is 50.4 Å². The maximum Gasteiger partial charge on any atom is 0.325 e. The Hall–Kier alpha value is -1.59. The number of nitrogens with one attached hydrogen (secondary N) is 1. The number of piperidine rings is 1. The molecule has 6 heteroatoms. The highest BCUT2D eigenvalue weighted by molar-refractivity contribution is 6.09. The van der Waals surface area contributed by atoms with E-state index in [9.17, 15) is 14.4 Å². The van der Waals surface area contributed by atoms with Crippen molar-refractivity contribution in [2.75, 3.05) is 19.6 Å². The minimum absolute atomic E-state index is 0.107. The Kier molecular flexibility index (Phi) is 4.83. The summed E-state index contributed by atoms with van der Waals surface area (Å²) in [7, 11) is 0. The van der Waals surface area contributed by atoms with Gasteiger partial charge in [-0.1, -0.05) is 20.3 Å². The van der Waals surface area contributed by atoms with Crippen molar-refractivity contribution < 1.29 is 14.4 Å². The fourth-order valence-electron chi connectivity index (χ4n) is 4.23. The molecule has 1 saturated carbocycles. The number of rotatable bonds is 3. The van der Waals surface area contributed by atoms with E-state index in [4.69, 9.17) is 0 Å². The summed E-state index contributed by atoms with van der Waals surface area (Å²) in [5, 5.41) is 2.90. The van der Waals surface area contributed by atoms with Crippen molar-refractivity contribution in [3.63, 3.8) is 0 Å². The molecule has 0 aromatic heterocycles. The van der Waals surface area contributed by atoms with E-state index in [1.807, 2.05) is 0 Å². The molecule has 6 nitrogen and oxygen atoms in total. The van der Waals surface area contributed by atoms with Gasteiger partial charge in [-0.3, -0.25) is 14.5 Å². The molecule has 0 unspecified atom stereocenters. The first-order valence-corrected chi connectivity index (χ1v) is 9.37. The van der Waals surface area contributed by atoms with Crippen molar-refractivity contribution >= 4 is 17.8 Å². The SMILES string of the molecule is CCC1CCC2(CC1)NC(=O)N(CC(=O)N1CCC(C)CC1)C2=O. The van der Waals surface area contributed by atoms with E-state index in [1.165, 1.54) is 0 Å². The molecular formula is C18H29N3O3. The molecule has 134 valence electrons. The zero-order valence-electron chi connectivity index (χ0n) is 14.8. The van der Waals surface area contributed by atoms with Crippen molar-refractivity contribution in [2.24, 2.45) is 11.8 Å². The topological polar surface area (TPSA) is 69.7 Å². The van der Waals surface area contributed by atoms with E-state index in [0.717, 1.165) is 50.1 Å².